The Hall–Kier alpha value is -4.44. The van der Waals surface area contributed by atoms with E-state index in [4.69, 9.17) is 0 Å². The van der Waals surface area contributed by atoms with Crippen LogP contribution in [0.3, 0.4) is 0 Å². The normalized spacial score (nSPS) is 10.6. The zero-order chi connectivity index (χ0) is 23.4. The summed E-state index contributed by atoms with van der Waals surface area (Å²) in [5.41, 5.74) is 4.27. The first-order chi connectivity index (χ1) is 15.9. The number of nitrogens with one attached hydrogen (secondary N) is 2. The molecule has 0 unspecified atom stereocenters. The van der Waals surface area contributed by atoms with Crippen molar-refractivity contribution in [2.24, 2.45) is 5.92 Å². The first-order valence-electron chi connectivity index (χ1n) is 10.5. The Morgan fingerprint density at radius 1 is 1.06 bits per heavy atom. The van der Waals surface area contributed by atoms with Crippen molar-refractivity contribution in [1.82, 2.24) is 15.2 Å². The van der Waals surface area contributed by atoms with Crippen molar-refractivity contribution in [3.63, 3.8) is 0 Å². The van der Waals surface area contributed by atoms with Crippen LogP contribution in [0.2, 0.25) is 0 Å². The van der Waals surface area contributed by atoms with Crippen LogP contribution in [0.15, 0.2) is 60.9 Å². The molecule has 2 aromatic heterocycles. The summed E-state index contributed by atoms with van der Waals surface area (Å²) in [7, 11) is 0. The van der Waals surface area contributed by atoms with Gasteiger partial charge in [-0.3, -0.25) is 14.9 Å². The van der Waals surface area contributed by atoms with Gasteiger partial charge in [0, 0.05) is 29.1 Å². The maximum absolute atomic E-state index is 12.1. The number of hydrogen-bond donors (Lipinski definition) is 3. The maximum atomic E-state index is 12.1. The summed E-state index contributed by atoms with van der Waals surface area (Å²) in [5, 5.41) is 20.3. The number of anilines is 1. The molecular weight excluding hydrogens is 416 g/mol. The number of rotatable bonds is 5. The van der Waals surface area contributed by atoms with Crippen LogP contribution in [0, 0.1) is 17.8 Å². The van der Waals surface area contributed by atoms with Gasteiger partial charge in [0.25, 0.3) is 0 Å². The van der Waals surface area contributed by atoms with Crippen LogP contribution in [0.1, 0.15) is 41.9 Å². The number of pyridine rings is 1. The van der Waals surface area contributed by atoms with E-state index in [1.807, 2.05) is 38.1 Å². The van der Waals surface area contributed by atoms with Crippen LogP contribution in [0.5, 0.6) is 0 Å². The van der Waals surface area contributed by atoms with Gasteiger partial charge in [-0.2, -0.15) is 5.10 Å². The molecule has 7 nitrogen and oxygen atoms in total. The monoisotopic (exact) mass is 438 g/mol. The summed E-state index contributed by atoms with van der Waals surface area (Å²) in [6.45, 7) is 3.99. The Morgan fingerprint density at radius 3 is 2.67 bits per heavy atom. The number of aromatic amines is 1. The van der Waals surface area contributed by atoms with Gasteiger partial charge in [-0.1, -0.05) is 38.0 Å². The molecule has 1 amide bonds. The van der Waals surface area contributed by atoms with Crippen LogP contribution in [0.25, 0.3) is 22.0 Å². The van der Waals surface area contributed by atoms with E-state index in [0.717, 1.165) is 22.0 Å². The zero-order valence-corrected chi connectivity index (χ0v) is 18.2. The van der Waals surface area contributed by atoms with Gasteiger partial charge in [-0.15, -0.1) is 0 Å². The van der Waals surface area contributed by atoms with Gasteiger partial charge in [0.2, 0.25) is 5.91 Å². The maximum Gasteiger partial charge on any atom is 0.336 e. The summed E-state index contributed by atoms with van der Waals surface area (Å²) in [6, 6.07) is 14.3. The Balaban J connectivity index is 1.66. The third-order valence-electron chi connectivity index (χ3n) is 4.98. The fourth-order valence-electron chi connectivity index (χ4n) is 3.44. The average molecular weight is 438 g/mol. The predicted octanol–water partition coefficient (Wildman–Crippen LogP) is 4.71. The van der Waals surface area contributed by atoms with Crippen molar-refractivity contribution in [2.45, 2.75) is 20.3 Å². The number of aromatic nitrogens is 3. The fourth-order valence-corrected chi connectivity index (χ4v) is 3.44. The van der Waals surface area contributed by atoms with Crippen LogP contribution >= 0.6 is 0 Å². The van der Waals surface area contributed by atoms with Crippen molar-refractivity contribution < 1.29 is 14.7 Å². The van der Waals surface area contributed by atoms with Gasteiger partial charge in [0.1, 0.15) is 5.69 Å². The summed E-state index contributed by atoms with van der Waals surface area (Å²) in [5.74, 6) is 5.10. The van der Waals surface area contributed by atoms with Gasteiger partial charge >= 0.3 is 5.97 Å². The van der Waals surface area contributed by atoms with Gasteiger partial charge in [-0.25, -0.2) is 4.79 Å². The number of amides is 1. The molecule has 0 radical (unpaired) electrons. The highest BCUT2D eigenvalue weighted by Gasteiger charge is 2.10. The molecule has 3 N–H and O–H groups in total. The third kappa shape index (κ3) is 5.08. The minimum absolute atomic E-state index is 0.0477. The second-order valence-corrected chi connectivity index (χ2v) is 8.04. The SMILES string of the molecule is CC(C)CC(=O)Nc1cncc(-c2ccc3[nH]nc(C#Cc4ccccc4C(=O)O)c3c2)c1. The van der Waals surface area contributed by atoms with E-state index in [1.165, 1.54) is 6.07 Å². The topological polar surface area (TPSA) is 108 Å². The third-order valence-corrected chi connectivity index (χ3v) is 4.98. The molecule has 0 atom stereocenters. The molecule has 0 saturated heterocycles. The molecule has 0 saturated carbocycles. The fraction of sp³-hybridized carbons (Fsp3) is 0.154. The number of carbonyl (C=O) groups is 2. The molecule has 2 aromatic carbocycles. The molecular formula is C26H22N4O3. The predicted molar refractivity (Wildman–Crippen MR) is 127 cm³/mol. The summed E-state index contributed by atoms with van der Waals surface area (Å²) >= 11 is 0. The lowest BCUT2D eigenvalue weighted by Crippen LogP contribution is -2.13. The Morgan fingerprint density at radius 2 is 1.88 bits per heavy atom. The van der Waals surface area contributed by atoms with E-state index in [9.17, 15) is 14.7 Å². The van der Waals surface area contributed by atoms with Crippen LogP contribution in [-0.2, 0) is 4.79 Å². The largest absolute Gasteiger partial charge is 0.478 e. The molecule has 0 aliphatic carbocycles. The minimum Gasteiger partial charge on any atom is -0.478 e. The number of nitrogens with zero attached hydrogens (tertiary/aromatic N) is 2. The summed E-state index contributed by atoms with van der Waals surface area (Å²) in [6.07, 6.45) is 3.79. The van der Waals surface area contributed by atoms with Gasteiger partial charge in [0.15, 0.2) is 0 Å². The van der Waals surface area contributed by atoms with Gasteiger partial charge in [0.05, 0.1) is 23.0 Å². The Kier molecular flexibility index (Phi) is 6.18. The lowest BCUT2D eigenvalue weighted by atomic mass is 10.0. The van der Waals surface area contributed by atoms with Crippen molar-refractivity contribution in [2.75, 3.05) is 5.32 Å². The van der Waals surface area contributed by atoms with E-state index in [2.05, 4.69) is 32.3 Å². The molecule has 0 spiro atoms. The van der Waals surface area contributed by atoms with Crippen LogP contribution in [-0.4, -0.2) is 32.2 Å². The molecule has 0 bridgehead atoms. The number of aromatic carboxylic acids is 1. The molecule has 0 aliphatic heterocycles. The highest BCUT2D eigenvalue weighted by atomic mass is 16.4. The Labute approximate surface area is 190 Å². The van der Waals surface area contributed by atoms with Crippen molar-refractivity contribution in [3.8, 4) is 23.0 Å². The highest BCUT2D eigenvalue weighted by Crippen LogP contribution is 2.26. The number of carboxylic acid groups (broad SMARTS) is 1. The molecule has 7 heteroatoms. The van der Waals surface area contributed by atoms with Crippen molar-refractivity contribution >= 4 is 28.5 Å². The second kappa shape index (κ2) is 9.37. The second-order valence-electron chi connectivity index (χ2n) is 8.04. The Bertz CT molecular complexity index is 1410. The first kappa shape index (κ1) is 21.8. The van der Waals surface area contributed by atoms with Crippen molar-refractivity contribution in [1.29, 1.82) is 0 Å². The molecule has 0 aliphatic rings. The number of H-pyrrole nitrogens is 1. The van der Waals surface area contributed by atoms with Crippen LogP contribution < -0.4 is 5.32 Å². The van der Waals surface area contributed by atoms with E-state index in [-0.39, 0.29) is 17.4 Å². The zero-order valence-electron chi connectivity index (χ0n) is 18.2. The number of hydrogen-bond acceptors (Lipinski definition) is 4. The van der Waals surface area contributed by atoms with Gasteiger partial charge < -0.3 is 10.4 Å². The van der Waals surface area contributed by atoms with Crippen molar-refractivity contribution in [3.05, 3.63) is 77.7 Å². The number of fused-ring (bicyclic) bond motifs is 1. The van der Waals surface area contributed by atoms with E-state index in [0.29, 0.717) is 23.4 Å². The highest BCUT2D eigenvalue weighted by molar-refractivity contribution is 5.93. The number of carboxylic acids is 1. The number of carbonyl (C=O) groups excluding carboxylic acids is 1. The van der Waals surface area contributed by atoms with E-state index >= 15 is 0 Å². The quantitative estimate of drug-likeness (QED) is 0.391. The molecule has 164 valence electrons. The average Bonchev–Trinajstić information content (AvgIpc) is 3.19. The summed E-state index contributed by atoms with van der Waals surface area (Å²) in [4.78, 5) is 27.8. The lowest BCUT2D eigenvalue weighted by molar-refractivity contribution is -0.116. The smallest absolute Gasteiger partial charge is 0.336 e. The molecule has 33 heavy (non-hydrogen) atoms. The molecule has 0 fully saturated rings. The lowest BCUT2D eigenvalue weighted by Gasteiger charge is -2.08. The van der Waals surface area contributed by atoms with Crippen LogP contribution in [0.4, 0.5) is 5.69 Å². The molecule has 4 rings (SSSR count). The molecule has 4 aromatic rings. The molecule has 2 heterocycles. The van der Waals surface area contributed by atoms with Gasteiger partial charge in [-0.05, 0) is 47.7 Å². The number of benzene rings is 2. The van der Waals surface area contributed by atoms with E-state index in [1.54, 1.807) is 30.6 Å². The standard InChI is InChI=1S/C26H22N4O3/c1-16(2)11-25(31)28-20-12-19(14-27-15-20)18-8-10-24-22(13-18)23(29-30-24)9-7-17-5-3-4-6-21(17)26(32)33/h3-6,8,10,12-16H,11H2,1-2H3,(H,28,31)(H,29,30)(H,32,33). The minimum atomic E-state index is -1.03. The first-order valence-corrected chi connectivity index (χ1v) is 10.5. The van der Waals surface area contributed by atoms with E-state index < -0.39 is 5.97 Å². The summed E-state index contributed by atoms with van der Waals surface area (Å²) < 4.78 is 0.